The lowest BCUT2D eigenvalue weighted by Crippen LogP contribution is -2.34. The smallest absolute Gasteiger partial charge is 0.123 e. The van der Waals surface area contributed by atoms with Crippen LogP contribution in [0.3, 0.4) is 0 Å². The number of rotatable bonds is 6. The fourth-order valence-corrected chi connectivity index (χ4v) is 3.39. The molecular weight excluding hydrogens is 263 g/mol. The van der Waals surface area contributed by atoms with Crippen LogP contribution in [0.25, 0.3) is 0 Å². The van der Waals surface area contributed by atoms with E-state index in [9.17, 15) is 4.39 Å². The van der Waals surface area contributed by atoms with Gasteiger partial charge in [0.1, 0.15) is 5.82 Å². The minimum atomic E-state index is -0.163. The minimum Gasteiger partial charge on any atom is -0.313 e. The Bertz CT molecular complexity index is 396. The summed E-state index contributed by atoms with van der Waals surface area (Å²) in [5, 5.41) is 3.36. The van der Waals surface area contributed by atoms with E-state index in [1.165, 1.54) is 44.1 Å². The number of hydrogen-bond acceptors (Lipinski definition) is 2. The number of benzene rings is 1. The molecule has 2 rings (SSSR count). The molecule has 3 heteroatoms. The lowest BCUT2D eigenvalue weighted by atomic mass is 10.0. The molecule has 0 aliphatic heterocycles. The van der Waals surface area contributed by atoms with Gasteiger partial charge in [-0.25, -0.2) is 4.39 Å². The van der Waals surface area contributed by atoms with Gasteiger partial charge in [0.15, 0.2) is 0 Å². The standard InChI is InChI=1S/C18H29FN2/c1-20-18(15-9-11-16(19)12-10-15)13-14-21(2)17-7-5-3-4-6-8-17/h9-12,17-18,20H,3-8,13-14H2,1-2H3. The molecule has 1 aromatic rings. The van der Waals surface area contributed by atoms with Crippen LogP contribution in [0.4, 0.5) is 4.39 Å². The maximum Gasteiger partial charge on any atom is 0.123 e. The quantitative estimate of drug-likeness (QED) is 0.793. The van der Waals surface area contributed by atoms with E-state index in [0.29, 0.717) is 6.04 Å². The highest BCUT2D eigenvalue weighted by Crippen LogP contribution is 2.23. The van der Waals surface area contributed by atoms with Gasteiger partial charge < -0.3 is 10.2 Å². The molecule has 21 heavy (non-hydrogen) atoms. The lowest BCUT2D eigenvalue weighted by molar-refractivity contribution is 0.211. The van der Waals surface area contributed by atoms with E-state index >= 15 is 0 Å². The Morgan fingerprint density at radius 3 is 2.33 bits per heavy atom. The molecule has 1 fully saturated rings. The molecule has 1 atom stereocenters. The molecule has 1 aliphatic rings. The molecule has 1 saturated carbocycles. The molecule has 0 radical (unpaired) electrons. The van der Waals surface area contributed by atoms with Crippen molar-refractivity contribution in [3.63, 3.8) is 0 Å². The molecular formula is C18H29FN2. The average molecular weight is 292 g/mol. The van der Waals surface area contributed by atoms with Crippen LogP contribution in [0, 0.1) is 5.82 Å². The van der Waals surface area contributed by atoms with Crippen molar-refractivity contribution in [3.8, 4) is 0 Å². The highest BCUT2D eigenvalue weighted by Gasteiger charge is 2.18. The zero-order valence-electron chi connectivity index (χ0n) is 13.4. The van der Waals surface area contributed by atoms with Gasteiger partial charge in [0.05, 0.1) is 0 Å². The lowest BCUT2D eigenvalue weighted by Gasteiger charge is -2.29. The Labute approximate surface area is 128 Å². The Balaban J connectivity index is 1.85. The summed E-state index contributed by atoms with van der Waals surface area (Å²) in [4.78, 5) is 2.53. The summed E-state index contributed by atoms with van der Waals surface area (Å²) < 4.78 is 13.0. The summed E-state index contributed by atoms with van der Waals surface area (Å²) in [7, 11) is 4.24. The molecule has 0 spiro atoms. The van der Waals surface area contributed by atoms with Crippen LogP contribution in [-0.4, -0.2) is 31.6 Å². The number of halogens is 1. The Morgan fingerprint density at radius 1 is 1.14 bits per heavy atom. The predicted molar refractivity (Wildman–Crippen MR) is 86.9 cm³/mol. The maximum atomic E-state index is 13.0. The summed E-state index contributed by atoms with van der Waals surface area (Å²) in [6.45, 7) is 1.09. The van der Waals surface area contributed by atoms with Crippen LogP contribution in [0.5, 0.6) is 0 Å². The summed E-state index contributed by atoms with van der Waals surface area (Å²) in [6.07, 6.45) is 9.31. The van der Waals surface area contributed by atoms with Crippen LogP contribution < -0.4 is 5.32 Å². The van der Waals surface area contributed by atoms with Gasteiger partial charge in [0.2, 0.25) is 0 Å². The molecule has 118 valence electrons. The van der Waals surface area contributed by atoms with E-state index in [1.54, 1.807) is 12.1 Å². The highest BCUT2D eigenvalue weighted by molar-refractivity contribution is 5.19. The topological polar surface area (TPSA) is 15.3 Å². The maximum absolute atomic E-state index is 13.0. The first-order valence-corrected chi connectivity index (χ1v) is 8.33. The van der Waals surface area contributed by atoms with Crippen molar-refractivity contribution >= 4 is 0 Å². The normalized spacial score (nSPS) is 18.7. The number of nitrogens with zero attached hydrogens (tertiary/aromatic N) is 1. The van der Waals surface area contributed by atoms with Crippen LogP contribution in [-0.2, 0) is 0 Å². The van der Waals surface area contributed by atoms with Crippen molar-refractivity contribution in [3.05, 3.63) is 35.6 Å². The second-order valence-electron chi connectivity index (χ2n) is 6.31. The van der Waals surface area contributed by atoms with Gasteiger partial charge in [-0.05, 0) is 57.6 Å². The molecule has 1 aliphatic carbocycles. The third kappa shape index (κ3) is 5.08. The van der Waals surface area contributed by atoms with Crippen molar-refractivity contribution < 1.29 is 4.39 Å². The fourth-order valence-electron chi connectivity index (χ4n) is 3.39. The van der Waals surface area contributed by atoms with E-state index in [4.69, 9.17) is 0 Å². The highest BCUT2D eigenvalue weighted by atomic mass is 19.1. The second kappa shape index (κ2) is 8.50. The number of hydrogen-bond donors (Lipinski definition) is 1. The molecule has 1 aromatic carbocycles. The average Bonchev–Trinajstić information content (AvgIpc) is 2.78. The second-order valence-corrected chi connectivity index (χ2v) is 6.31. The third-order valence-corrected chi connectivity index (χ3v) is 4.84. The molecule has 0 saturated heterocycles. The van der Waals surface area contributed by atoms with Gasteiger partial charge in [0.25, 0.3) is 0 Å². The van der Waals surface area contributed by atoms with Gasteiger partial charge in [-0.2, -0.15) is 0 Å². The van der Waals surface area contributed by atoms with E-state index in [0.717, 1.165) is 19.0 Å². The number of nitrogens with one attached hydrogen (secondary N) is 1. The summed E-state index contributed by atoms with van der Waals surface area (Å²) >= 11 is 0. The monoisotopic (exact) mass is 292 g/mol. The van der Waals surface area contributed by atoms with Crippen LogP contribution in [0.1, 0.15) is 56.6 Å². The van der Waals surface area contributed by atoms with Crippen molar-refractivity contribution in [2.75, 3.05) is 20.6 Å². The van der Waals surface area contributed by atoms with Gasteiger partial charge in [-0.1, -0.05) is 37.8 Å². The fraction of sp³-hybridized carbons (Fsp3) is 0.667. The zero-order valence-corrected chi connectivity index (χ0v) is 13.4. The van der Waals surface area contributed by atoms with E-state index < -0.39 is 0 Å². The predicted octanol–water partition coefficient (Wildman–Crippen LogP) is 4.13. The largest absolute Gasteiger partial charge is 0.313 e. The molecule has 0 heterocycles. The van der Waals surface area contributed by atoms with Crippen molar-refractivity contribution in [2.45, 2.75) is 57.0 Å². The van der Waals surface area contributed by atoms with Crippen LogP contribution in [0.15, 0.2) is 24.3 Å². The van der Waals surface area contributed by atoms with E-state index in [2.05, 4.69) is 17.3 Å². The van der Waals surface area contributed by atoms with Crippen molar-refractivity contribution in [1.82, 2.24) is 10.2 Å². The van der Waals surface area contributed by atoms with Gasteiger partial charge in [-0.3, -0.25) is 0 Å². The molecule has 0 amide bonds. The molecule has 2 nitrogen and oxygen atoms in total. The van der Waals surface area contributed by atoms with E-state index in [1.807, 2.05) is 19.2 Å². The first-order chi connectivity index (χ1) is 10.2. The van der Waals surface area contributed by atoms with Gasteiger partial charge in [-0.15, -0.1) is 0 Å². The minimum absolute atomic E-state index is 0.163. The first kappa shape index (κ1) is 16.4. The van der Waals surface area contributed by atoms with Crippen molar-refractivity contribution in [1.29, 1.82) is 0 Å². The summed E-state index contributed by atoms with van der Waals surface area (Å²) in [6, 6.07) is 7.94. The Morgan fingerprint density at radius 2 is 1.76 bits per heavy atom. The Hall–Kier alpha value is -0.930. The summed E-state index contributed by atoms with van der Waals surface area (Å²) in [5.41, 5.74) is 1.17. The van der Waals surface area contributed by atoms with Gasteiger partial charge in [0, 0.05) is 12.1 Å². The van der Waals surface area contributed by atoms with Crippen molar-refractivity contribution in [2.24, 2.45) is 0 Å². The van der Waals surface area contributed by atoms with E-state index in [-0.39, 0.29) is 5.82 Å². The molecule has 1 N–H and O–H groups in total. The molecule has 0 bridgehead atoms. The third-order valence-electron chi connectivity index (χ3n) is 4.84. The van der Waals surface area contributed by atoms with Gasteiger partial charge >= 0.3 is 0 Å². The summed E-state index contributed by atoms with van der Waals surface area (Å²) in [5.74, 6) is -0.163. The Kier molecular flexibility index (Phi) is 6.65. The SMILES string of the molecule is CNC(CCN(C)C1CCCCCC1)c1ccc(F)cc1. The first-order valence-electron chi connectivity index (χ1n) is 8.33. The molecule has 1 unspecified atom stereocenters. The zero-order chi connectivity index (χ0) is 15.1. The van der Waals surface area contributed by atoms with Crippen LogP contribution >= 0.6 is 0 Å². The molecule has 0 aromatic heterocycles. The van der Waals surface area contributed by atoms with Crippen LogP contribution in [0.2, 0.25) is 0 Å².